The number of hydrogen-bond donors (Lipinski definition) is 1. The second kappa shape index (κ2) is 6.76. The van der Waals surface area contributed by atoms with Gasteiger partial charge in [-0.1, -0.05) is 13.8 Å². The van der Waals surface area contributed by atoms with Crippen molar-refractivity contribution in [1.29, 1.82) is 5.26 Å². The van der Waals surface area contributed by atoms with E-state index in [-0.39, 0.29) is 0 Å². The van der Waals surface area contributed by atoms with Gasteiger partial charge in [-0.15, -0.1) is 0 Å². The van der Waals surface area contributed by atoms with Crippen LogP contribution in [0.25, 0.3) is 0 Å². The zero-order valence-electron chi connectivity index (χ0n) is 8.65. The summed E-state index contributed by atoms with van der Waals surface area (Å²) < 4.78 is 24.4. The first-order chi connectivity index (χ1) is 6.55. The van der Waals surface area contributed by atoms with Crippen LogP contribution in [-0.2, 0) is 10.0 Å². The van der Waals surface area contributed by atoms with Gasteiger partial charge in [0, 0.05) is 13.1 Å². The molecule has 14 heavy (non-hydrogen) atoms. The molecule has 0 aliphatic rings. The molecule has 0 atom stereocenters. The van der Waals surface area contributed by atoms with E-state index in [1.54, 1.807) is 6.07 Å². The van der Waals surface area contributed by atoms with E-state index in [1.807, 2.05) is 13.8 Å². The van der Waals surface area contributed by atoms with E-state index in [0.29, 0.717) is 13.1 Å². The first kappa shape index (κ1) is 13.4. The van der Waals surface area contributed by atoms with E-state index in [4.69, 9.17) is 5.26 Å². The van der Waals surface area contributed by atoms with Crippen LogP contribution in [-0.4, -0.2) is 45.2 Å². The lowest BCUT2D eigenvalue weighted by molar-refractivity contribution is 0.309. The van der Waals surface area contributed by atoms with Crippen molar-refractivity contribution in [1.82, 2.24) is 9.62 Å². The molecule has 0 saturated heterocycles. The van der Waals surface area contributed by atoms with E-state index in [1.165, 1.54) is 0 Å². The summed E-state index contributed by atoms with van der Waals surface area (Å²) >= 11 is 0. The van der Waals surface area contributed by atoms with Crippen LogP contribution in [0, 0.1) is 11.3 Å². The lowest BCUT2D eigenvalue weighted by Crippen LogP contribution is -2.35. The number of likely N-dealkylation sites (N-methyl/N-ethyl adjacent to an activating group) is 1. The fraction of sp³-hybridized carbons (Fsp3) is 0.875. The van der Waals surface area contributed by atoms with Crippen molar-refractivity contribution in [3.63, 3.8) is 0 Å². The van der Waals surface area contributed by atoms with Gasteiger partial charge >= 0.3 is 0 Å². The minimum absolute atomic E-state index is 0.367. The summed E-state index contributed by atoms with van der Waals surface area (Å²) in [5, 5.41) is 8.22. The van der Waals surface area contributed by atoms with Crippen LogP contribution in [0.5, 0.6) is 0 Å². The molecule has 0 unspecified atom stereocenters. The standard InChI is InChI=1S/C8H17N3O2S/c1-3-11(4-2)7-6-10-14(12,13)8-5-9/h10H,3-4,6-8H2,1-2H3. The van der Waals surface area contributed by atoms with Crippen molar-refractivity contribution in [2.24, 2.45) is 0 Å². The van der Waals surface area contributed by atoms with Gasteiger partial charge in [0.2, 0.25) is 10.0 Å². The Morgan fingerprint density at radius 1 is 1.36 bits per heavy atom. The highest BCUT2D eigenvalue weighted by Crippen LogP contribution is 1.86. The third-order valence-corrected chi connectivity index (χ3v) is 3.05. The molecule has 0 aliphatic carbocycles. The van der Waals surface area contributed by atoms with Crippen molar-refractivity contribution >= 4 is 10.0 Å². The lowest BCUT2D eigenvalue weighted by Gasteiger charge is -2.17. The van der Waals surface area contributed by atoms with Gasteiger partial charge < -0.3 is 4.90 Å². The third-order valence-electron chi connectivity index (χ3n) is 1.90. The van der Waals surface area contributed by atoms with Gasteiger partial charge in [-0.3, -0.25) is 0 Å². The van der Waals surface area contributed by atoms with Gasteiger partial charge in [0.1, 0.15) is 0 Å². The van der Waals surface area contributed by atoms with Crippen molar-refractivity contribution in [3.8, 4) is 6.07 Å². The molecular formula is C8H17N3O2S. The molecule has 0 radical (unpaired) electrons. The quantitative estimate of drug-likeness (QED) is 0.642. The molecule has 1 N–H and O–H groups in total. The molecule has 0 aliphatic heterocycles. The molecule has 0 bridgehead atoms. The fourth-order valence-electron chi connectivity index (χ4n) is 1.04. The summed E-state index contributed by atoms with van der Waals surface area (Å²) in [7, 11) is -3.38. The fourth-order valence-corrected chi connectivity index (χ4v) is 1.71. The molecule has 0 heterocycles. The van der Waals surface area contributed by atoms with E-state index < -0.39 is 15.8 Å². The Morgan fingerprint density at radius 3 is 2.36 bits per heavy atom. The zero-order valence-corrected chi connectivity index (χ0v) is 9.47. The van der Waals surface area contributed by atoms with Crippen LogP contribution in [0.2, 0.25) is 0 Å². The molecule has 0 aromatic carbocycles. The maximum Gasteiger partial charge on any atom is 0.225 e. The average Bonchev–Trinajstić information content (AvgIpc) is 2.12. The maximum atomic E-state index is 11.0. The summed E-state index contributed by atoms with van der Waals surface area (Å²) in [4.78, 5) is 2.11. The van der Waals surface area contributed by atoms with E-state index in [2.05, 4.69) is 9.62 Å². The minimum Gasteiger partial charge on any atom is -0.303 e. The Bertz CT molecular complexity index is 277. The Morgan fingerprint density at radius 2 is 1.93 bits per heavy atom. The smallest absolute Gasteiger partial charge is 0.225 e. The molecule has 0 amide bonds. The first-order valence-corrected chi connectivity index (χ1v) is 6.27. The van der Waals surface area contributed by atoms with Crippen LogP contribution >= 0.6 is 0 Å². The van der Waals surface area contributed by atoms with Crippen molar-refractivity contribution in [3.05, 3.63) is 0 Å². The largest absolute Gasteiger partial charge is 0.303 e. The third kappa shape index (κ3) is 5.91. The molecule has 0 saturated carbocycles. The molecule has 0 fully saturated rings. The maximum absolute atomic E-state index is 11.0. The van der Waals surface area contributed by atoms with Crippen LogP contribution in [0.1, 0.15) is 13.8 Å². The number of sulfonamides is 1. The molecule has 5 nitrogen and oxygen atoms in total. The van der Waals surface area contributed by atoms with Gasteiger partial charge in [-0.2, -0.15) is 5.26 Å². The predicted molar refractivity (Wildman–Crippen MR) is 55.2 cm³/mol. The highest BCUT2D eigenvalue weighted by Gasteiger charge is 2.08. The zero-order chi connectivity index (χ0) is 11.0. The summed E-state index contributed by atoms with van der Waals surface area (Å²) in [6.07, 6.45) is 0. The lowest BCUT2D eigenvalue weighted by atomic mass is 10.5. The van der Waals surface area contributed by atoms with Gasteiger partial charge in [0.05, 0.1) is 6.07 Å². The normalized spacial score (nSPS) is 11.6. The number of nitrogens with zero attached hydrogens (tertiary/aromatic N) is 2. The number of hydrogen-bond acceptors (Lipinski definition) is 4. The second-order valence-corrected chi connectivity index (χ2v) is 4.65. The Hall–Kier alpha value is -0.640. The molecule has 0 rings (SSSR count). The molecule has 6 heteroatoms. The SMILES string of the molecule is CCN(CC)CCNS(=O)(=O)CC#N. The number of nitrogens with one attached hydrogen (secondary N) is 1. The van der Waals surface area contributed by atoms with Crippen molar-refractivity contribution in [2.45, 2.75) is 13.8 Å². The molecule has 0 spiro atoms. The summed E-state index contributed by atoms with van der Waals surface area (Å²) in [5.74, 6) is -0.467. The Kier molecular flexibility index (Phi) is 6.45. The minimum atomic E-state index is -3.38. The Labute approximate surface area is 85.8 Å². The average molecular weight is 219 g/mol. The van der Waals surface area contributed by atoms with Gasteiger partial charge in [0.25, 0.3) is 0 Å². The number of nitriles is 1. The van der Waals surface area contributed by atoms with Crippen LogP contribution < -0.4 is 4.72 Å². The van der Waals surface area contributed by atoms with Crippen molar-refractivity contribution < 1.29 is 8.42 Å². The van der Waals surface area contributed by atoms with Gasteiger partial charge in [-0.05, 0) is 13.1 Å². The summed E-state index contributed by atoms with van der Waals surface area (Å²) in [5.41, 5.74) is 0. The topological polar surface area (TPSA) is 73.2 Å². The first-order valence-electron chi connectivity index (χ1n) is 4.62. The highest BCUT2D eigenvalue weighted by molar-refractivity contribution is 7.89. The van der Waals surface area contributed by atoms with E-state index in [0.717, 1.165) is 13.1 Å². The van der Waals surface area contributed by atoms with Crippen LogP contribution in [0.15, 0.2) is 0 Å². The highest BCUT2D eigenvalue weighted by atomic mass is 32.2. The van der Waals surface area contributed by atoms with Gasteiger partial charge in [0.15, 0.2) is 5.75 Å². The van der Waals surface area contributed by atoms with E-state index >= 15 is 0 Å². The predicted octanol–water partition coefficient (Wildman–Crippen LogP) is -0.229. The van der Waals surface area contributed by atoms with Crippen LogP contribution in [0.4, 0.5) is 0 Å². The monoisotopic (exact) mass is 219 g/mol. The van der Waals surface area contributed by atoms with Crippen LogP contribution in [0.3, 0.4) is 0 Å². The second-order valence-electron chi connectivity index (χ2n) is 2.84. The molecule has 0 aromatic rings. The molecule has 82 valence electrons. The molecular weight excluding hydrogens is 202 g/mol. The van der Waals surface area contributed by atoms with E-state index in [9.17, 15) is 8.42 Å². The Balaban J connectivity index is 3.79. The number of rotatable bonds is 7. The summed E-state index contributed by atoms with van der Waals surface area (Å²) in [6, 6.07) is 1.61. The summed E-state index contributed by atoms with van der Waals surface area (Å²) in [6.45, 7) is 6.89. The molecule has 0 aromatic heterocycles. The van der Waals surface area contributed by atoms with Gasteiger partial charge in [-0.25, -0.2) is 13.1 Å². The van der Waals surface area contributed by atoms with Crippen molar-refractivity contribution in [2.75, 3.05) is 31.9 Å².